The van der Waals surface area contributed by atoms with E-state index in [-0.39, 0.29) is 23.8 Å². The standard InChI is InChI=1S/C18H28ClN3O2/c1-4-5-8-13(11-20)21-18(24)16(12(2)3)22-17(23)14-9-6-7-10-15(14)19/h6-7,9-10,12-13,16H,4-5,8,11,20H2,1-3H3,(H,21,24)(H,22,23). The van der Waals surface area contributed by atoms with Crippen LogP contribution in [0.5, 0.6) is 0 Å². The van der Waals surface area contributed by atoms with Crippen molar-refractivity contribution in [1.82, 2.24) is 10.6 Å². The predicted molar refractivity (Wildman–Crippen MR) is 98.1 cm³/mol. The minimum absolute atomic E-state index is 0.0546. The number of amides is 2. The van der Waals surface area contributed by atoms with Gasteiger partial charge in [-0.15, -0.1) is 0 Å². The van der Waals surface area contributed by atoms with E-state index in [0.717, 1.165) is 19.3 Å². The SMILES string of the molecule is CCCCC(CN)NC(=O)C(NC(=O)c1ccccc1Cl)C(C)C. The molecule has 1 aromatic carbocycles. The number of benzene rings is 1. The first-order chi connectivity index (χ1) is 11.4. The van der Waals surface area contributed by atoms with Gasteiger partial charge in [-0.25, -0.2) is 0 Å². The van der Waals surface area contributed by atoms with Crippen LogP contribution in [-0.2, 0) is 4.79 Å². The zero-order valence-electron chi connectivity index (χ0n) is 14.6. The molecule has 0 aliphatic heterocycles. The summed E-state index contributed by atoms with van der Waals surface area (Å²) in [6.45, 7) is 6.26. The zero-order valence-corrected chi connectivity index (χ0v) is 15.4. The molecule has 0 heterocycles. The van der Waals surface area contributed by atoms with E-state index in [1.165, 1.54) is 0 Å². The number of halogens is 1. The molecule has 0 aromatic heterocycles. The largest absolute Gasteiger partial charge is 0.350 e. The second-order valence-corrected chi connectivity index (χ2v) is 6.67. The number of hydrogen-bond acceptors (Lipinski definition) is 3. The highest BCUT2D eigenvalue weighted by Crippen LogP contribution is 2.15. The Hall–Kier alpha value is -1.59. The van der Waals surface area contributed by atoms with E-state index in [4.69, 9.17) is 17.3 Å². The number of carbonyl (C=O) groups excluding carboxylic acids is 2. The Kier molecular flexibility index (Phi) is 8.79. The van der Waals surface area contributed by atoms with E-state index in [9.17, 15) is 9.59 Å². The van der Waals surface area contributed by atoms with Crippen LogP contribution in [0.4, 0.5) is 0 Å². The van der Waals surface area contributed by atoms with Gasteiger partial charge < -0.3 is 16.4 Å². The van der Waals surface area contributed by atoms with Crippen molar-refractivity contribution in [2.45, 2.75) is 52.1 Å². The topological polar surface area (TPSA) is 84.2 Å². The first-order valence-corrected chi connectivity index (χ1v) is 8.84. The summed E-state index contributed by atoms with van der Waals surface area (Å²) >= 11 is 6.05. The van der Waals surface area contributed by atoms with E-state index >= 15 is 0 Å². The van der Waals surface area contributed by atoms with E-state index < -0.39 is 6.04 Å². The lowest BCUT2D eigenvalue weighted by atomic mass is 10.0. The Morgan fingerprint density at radius 1 is 1.21 bits per heavy atom. The van der Waals surface area contributed by atoms with Crippen molar-refractivity contribution in [2.24, 2.45) is 11.7 Å². The fourth-order valence-corrected chi connectivity index (χ4v) is 2.61. The van der Waals surface area contributed by atoms with Crippen LogP contribution < -0.4 is 16.4 Å². The van der Waals surface area contributed by atoms with E-state index in [2.05, 4.69) is 17.6 Å². The lowest BCUT2D eigenvalue weighted by Gasteiger charge is -2.25. The van der Waals surface area contributed by atoms with Crippen LogP contribution in [0.3, 0.4) is 0 Å². The third-order valence-corrected chi connectivity index (χ3v) is 4.22. The van der Waals surface area contributed by atoms with Crippen molar-refractivity contribution in [2.75, 3.05) is 6.54 Å². The summed E-state index contributed by atoms with van der Waals surface area (Å²) in [6.07, 6.45) is 2.88. The van der Waals surface area contributed by atoms with Gasteiger partial charge in [0.15, 0.2) is 0 Å². The second-order valence-electron chi connectivity index (χ2n) is 6.26. The highest BCUT2D eigenvalue weighted by Gasteiger charge is 2.26. The minimum atomic E-state index is -0.635. The number of nitrogens with one attached hydrogen (secondary N) is 2. The molecular weight excluding hydrogens is 326 g/mol. The third-order valence-electron chi connectivity index (χ3n) is 3.89. The summed E-state index contributed by atoms with van der Waals surface area (Å²) in [5, 5.41) is 6.09. The molecule has 134 valence electrons. The monoisotopic (exact) mass is 353 g/mol. The normalized spacial score (nSPS) is 13.4. The van der Waals surface area contributed by atoms with Crippen LogP contribution in [-0.4, -0.2) is 30.4 Å². The first kappa shape index (κ1) is 20.5. The maximum Gasteiger partial charge on any atom is 0.253 e. The molecule has 2 atom stereocenters. The Labute approximate surface area is 149 Å². The molecule has 5 nitrogen and oxygen atoms in total. The first-order valence-electron chi connectivity index (χ1n) is 8.46. The molecule has 1 aromatic rings. The van der Waals surface area contributed by atoms with Gasteiger partial charge in [-0.3, -0.25) is 9.59 Å². The molecule has 0 saturated carbocycles. The molecule has 0 aliphatic carbocycles. The molecule has 0 spiro atoms. The smallest absolute Gasteiger partial charge is 0.253 e. The molecule has 0 radical (unpaired) electrons. The van der Waals surface area contributed by atoms with Crippen molar-refractivity contribution >= 4 is 23.4 Å². The van der Waals surface area contributed by atoms with Crippen molar-refractivity contribution in [1.29, 1.82) is 0 Å². The Balaban J connectivity index is 2.77. The van der Waals surface area contributed by atoms with Gasteiger partial charge in [0.2, 0.25) is 5.91 Å². The van der Waals surface area contributed by atoms with E-state index in [1.54, 1.807) is 24.3 Å². The van der Waals surface area contributed by atoms with Crippen molar-refractivity contribution < 1.29 is 9.59 Å². The van der Waals surface area contributed by atoms with E-state index in [0.29, 0.717) is 17.1 Å². The summed E-state index contributed by atoms with van der Waals surface area (Å²) in [5.41, 5.74) is 6.09. The summed E-state index contributed by atoms with van der Waals surface area (Å²) in [5.74, 6) is -0.620. The number of carbonyl (C=O) groups is 2. The Morgan fingerprint density at radius 2 is 1.88 bits per heavy atom. The van der Waals surface area contributed by atoms with Crippen LogP contribution in [0, 0.1) is 5.92 Å². The lowest BCUT2D eigenvalue weighted by Crippen LogP contribution is -2.53. The number of unbranched alkanes of at least 4 members (excludes halogenated alkanes) is 1. The molecule has 0 saturated heterocycles. The lowest BCUT2D eigenvalue weighted by molar-refractivity contribution is -0.124. The maximum atomic E-state index is 12.6. The van der Waals surface area contributed by atoms with Gasteiger partial charge >= 0.3 is 0 Å². The molecular formula is C18H28ClN3O2. The Bertz CT molecular complexity index is 549. The highest BCUT2D eigenvalue weighted by atomic mass is 35.5. The van der Waals surface area contributed by atoms with Gasteiger partial charge in [-0.2, -0.15) is 0 Å². The predicted octanol–water partition coefficient (Wildman–Crippen LogP) is 2.73. The van der Waals surface area contributed by atoms with Gasteiger partial charge in [0, 0.05) is 12.6 Å². The van der Waals surface area contributed by atoms with Crippen molar-refractivity contribution in [3.63, 3.8) is 0 Å². The summed E-state index contributed by atoms with van der Waals surface area (Å²) in [6, 6.07) is 6.07. The maximum absolute atomic E-state index is 12.6. The van der Waals surface area contributed by atoms with Crippen LogP contribution in [0.15, 0.2) is 24.3 Å². The van der Waals surface area contributed by atoms with Crippen molar-refractivity contribution in [3.8, 4) is 0 Å². The Morgan fingerprint density at radius 3 is 2.42 bits per heavy atom. The fourth-order valence-electron chi connectivity index (χ4n) is 2.39. The number of hydrogen-bond donors (Lipinski definition) is 3. The molecule has 2 unspecified atom stereocenters. The van der Waals surface area contributed by atoms with Crippen LogP contribution in [0.25, 0.3) is 0 Å². The van der Waals surface area contributed by atoms with Gasteiger partial charge in [-0.05, 0) is 24.5 Å². The number of rotatable bonds is 9. The van der Waals surface area contributed by atoms with Crippen LogP contribution in [0.2, 0.25) is 5.02 Å². The van der Waals surface area contributed by atoms with Gasteiger partial charge in [0.1, 0.15) is 6.04 Å². The van der Waals surface area contributed by atoms with Gasteiger partial charge in [-0.1, -0.05) is 57.3 Å². The van der Waals surface area contributed by atoms with E-state index in [1.807, 2.05) is 13.8 Å². The molecule has 24 heavy (non-hydrogen) atoms. The molecule has 0 fully saturated rings. The second kappa shape index (κ2) is 10.3. The average Bonchev–Trinajstić information content (AvgIpc) is 2.56. The fraction of sp³-hybridized carbons (Fsp3) is 0.556. The summed E-state index contributed by atoms with van der Waals surface area (Å²) < 4.78 is 0. The number of nitrogens with two attached hydrogens (primary N) is 1. The van der Waals surface area contributed by atoms with Crippen molar-refractivity contribution in [3.05, 3.63) is 34.9 Å². The quantitative estimate of drug-likeness (QED) is 0.638. The molecule has 1 rings (SSSR count). The van der Waals surface area contributed by atoms with Crippen LogP contribution in [0.1, 0.15) is 50.4 Å². The molecule has 0 bridgehead atoms. The van der Waals surface area contributed by atoms with Gasteiger partial charge in [0.05, 0.1) is 10.6 Å². The molecule has 2 amide bonds. The minimum Gasteiger partial charge on any atom is -0.350 e. The summed E-state index contributed by atoms with van der Waals surface area (Å²) in [7, 11) is 0. The van der Waals surface area contributed by atoms with Crippen LogP contribution >= 0.6 is 11.6 Å². The molecule has 0 aliphatic rings. The van der Waals surface area contributed by atoms with Gasteiger partial charge in [0.25, 0.3) is 5.91 Å². The highest BCUT2D eigenvalue weighted by molar-refractivity contribution is 6.33. The average molecular weight is 354 g/mol. The summed E-state index contributed by atoms with van der Waals surface area (Å²) in [4.78, 5) is 25.0. The molecule has 4 N–H and O–H groups in total. The molecule has 6 heteroatoms. The zero-order chi connectivity index (χ0) is 18.1. The third kappa shape index (κ3) is 6.13.